The third-order valence-corrected chi connectivity index (χ3v) is 15.3. The molecule has 0 aromatic heterocycles. The lowest BCUT2D eigenvalue weighted by Gasteiger charge is -2.34. The third-order valence-electron chi connectivity index (χ3n) is 15.0. The molecule has 1 aromatic carbocycles. The van der Waals surface area contributed by atoms with E-state index < -0.39 is 198 Å². The van der Waals surface area contributed by atoms with E-state index >= 15 is 0 Å². The number of carbonyl (C=O) groups is 8. The zero-order valence-corrected chi connectivity index (χ0v) is 46.8. The summed E-state index contributed by atoms with van der Waals surface area (Å²) in [4.78, 5) is 113. The van der Waals surface area contributed by atoms with E-state index in [0.29, 0.717) is 40.5 Å². The van der Waals surface area contributed by atoms with Gasteiger partial charge in [0.05, 0.1) is 30.8 Å². The number of primary amides is 1. The first-order valence-electron chi connectivity index (χ1n) is 27.2. The average Bonchev–Trinajstić information content (AvgIpc) is 4.12. The Hall–Kier alpha value is -5.83. The van der Waals surface area contributed by atoms with Crippen molar-refractivity contribution in [3.63, 3.8) is 0 Å². The molecule has 4 rings (SSSR count). The lowest BCUT2D eigenvalue weighted by Crippen LogP contribution is -2.64. The number of carbonyl (C=O) groups excluding carboxylic acids is 8. The van der Waals surface area contributed by atoms with Gasteiger partial charge in [0, 0.05) is 38.3 Å². The molecule has 0 aliphatic carbocycles. The van der Waals surface area contributed by atoms with Gasteiger partial charge in [-0.15, -0.1) is 0 Å². The Balaban J connectivity index is 1.75. The highest BCUT2D eigenvalue weighted by atomic mass is 32.3. The maximum atomic E-state index is 14.6. The topological polar surface area (TPSA) is 475 Å². The first-order valence-corrected chi connectivity index (χ1v) is 28.6. The molecule has 3 aliphatic rings. The summed E-state index contributed by atoms with van der Waals surface area (Å²) >= 11 is 0. The number of hydrogen-bond acceptors (Lipinski definition) is 20. The van der Waals surface area contributed by atoms with Crippen LogP contribution in [0.15, 0.2) is 18.2 Å². The van der Waals surface area contributed by atoms with Gasteiger partial charge in [0.1, 0.15) is 54.6 Å². The standard InChI is InChI=1S/C51H82N8O21S/c1-6-24(2)17-25(3)13-11-9-7-8-10-12-14-37(66)53-30-20-34(64)47(72)57-49(74)41-42(67)26(4)22-59(41)51(76)39(33(63)21-36(52)65)55-48(73)40(44(69)43(68)28-15-16-32(62)35(18-28)80-81(77,78)79)56-46(71)31-19-29(61)23-58(31)50(75)38(27(5)60)54-45(30)70/h15-16,18,24-27,29-31,33-34,38-44,47,60-64,67-69,72H,6-14,17,19-23H2,1-5H3,(H2,52,65)(H,53,66)(H,54,70)(H,55,73)(H,56,71)(H,57,74)(H,77,78,79)/t24-,25+,26+,27-,29-,30+,31+,33+,34+,38+,39-,40-,41+,42-,43+,44-,47-/m0/s1. The Kier molecular flexibility index (Phi) is 25.5. The summed E-state index contributed by atoms with van der Waals surface area (Å²) in [6, 6.07) is -10.5. The normalized spacial score (nSPS) is 28.8. The van der Waals surface area contributed by atoms with E-state index in [-0.39, 0.29) is 6.42 Å². The molecule has 1 aromatic rings. The molecule has 17 N–H and O–H groups in total. The number of nitrogens with two attached hydrogens (primary N) is 1. The van der Waals surface area contributed by atoms with Crippen LogP contribution in [-0.2, 0) is 48.8 Å². The van der Waals surface area contributed by atoms with Crippen LogP contribution in [0.3, 0.4) is 0 Å². The van der Waals surface area contributed by atoms with E-state index in [4.69, 9.17) is 5.73 Å². The molecule has 3 fully saturated rings. The van der Waals surface area contributed by atoms with E-state index in [0.717, 1.165) is 64.0 Å². The van der Waals surface area contributed by atoms with Gasteiger partial charge in [-0.1, -0.05) is 78.7 Å². The number of benzene rings is 1. The van der Waals surface area contributed by atoms with Gasteiger partial charge in [-0.05, 0) is 49.3 Å². The summed E-state index contributed by atoms with van der Waals surface area (Å²) in [5, 5.41) is 111. The Morgan fingerprint density at radius 2 is 1.38 bits per heavy atom. The van der Waals surface area contributed by atoms with Crippen LogP contribution in [0, 0.1) is 17.8 Å². The molecule has 458 valence electrons. The number of fused-ring (bicyclic) bond motifs is 2. The Labute approximate surface area is 469 Å². The van der Waals surface area contributed by atoms with Gasteiger partial charge in [-0.3, -0.25) is 42.9 Å². The van der Waals surface area contributed by atoms with Gasteiger partial charge in [-0.2, -0.15) is 8.42 Å². The molecule has 30 heteroatoms. The Bertz CT molecular complexity index is 2470. The Morgan fingerprint density at radius 1 is 0.778 bits per heavy atom. The molecular weight excluding hydrogens is 1090 g/mol. The fourth-order valence-corrected chi connectivity index (χ4v) is 10.6. The van der Waals surface area contributed by atoms with Crippen LogP contribution >= 0.6 is 0 Å². The number of nitrogens with one attached hydrogen (secondary N) is 5. The fourth-order valence-electron chi connectivity index (χ4n) is 10.2. The quantitative estimate of drug-likeness (QED) is 0.0390. The van der Waals surface area contributed by atoms with Crippen molar-refractivity contribution >= 4 is 57.7 Å². The molecule has 3 aliphatic heterocycles. The highest BCUT2D eigenvalue weighted by Crippen LogP contribution is 2.33. The zero-order valence-electron chi connectivity index (χ0n) is 46.0. The van der Waals surface area contributed by atoms with Crippen LogP contribution < -0.4 is 36.5 Å². The van der Waals surface area contributed by atoms with Crippen molar-refractivity contribution in [2.45, 2.75) is 203 Å². The molecule has 0 radical (unpaired) electrons. The number of hydrogen-bond donors (Lipinski definition) is 16. The first-order chi connectivity index (χ1) is 37.8. The van der Waals surface area contributed by atoms with Gasteiger partial charge in [0.2, 0.25) is 47.3 Å². The second-order valence-corrected chi connectivity index (χ2v) is 22.8. The maximum absolute atomic E-state index is 14.6. The highest BCUT2D eigenvalue weighted by molar-refractivity contribution is 7.81. The van der Waals surface area contributed by atoms with Crippen LogP contribution in [0.2, 0.25) is 0 Å². The molecule has 3 saturated heterocycles. The minimum Gasteiger partial charge on any atom is -0.504 e. The summed E-state index contributed by atoms with van der Waals surface area (Å²) in [6.45, 7) is 7.86. The molecular formula is C51H82N8O21S. The fraction of sp³-hybridized carbons (Fsp3) is 0.725. The number of unbranched alkanes of at least 4 members (excludes halogenated alkanes) is 5. The summed E-state index contributed by atoms with van der Waals surface area (Å²) in [5.74, 6) is -12.0. The number of amides is 8. The van der Waals surface area contributed by atoms with Gasteiger partial charge in [-0.25, -0.2) is 0 Å². The molecule has 3 heterocycles. The molecule has 0 spiro atoms. The lowest BCUT2D eigenvalue weighted by atomic mass is 9.91. The van der Waals surface area contributed by atoms with Crippen molar-refractivity contribution in [2.75, 3.05) is 13.1 Å². The molecule has 0 unspecified atom stereocenters. The van der Waals surface area contributed by atoms with E-state index in [2.05, 4.69) is 40.9 Å². The summed E-state index contributed by atoms with van der Waals surface area (Å²) < 4.78 is 36.6. The van der Waals surface area contributed by atoms with E-state index in [1.54, 1.807) is 0 Å². The van der Waals surface area contributed by atoms with Crippen molar-refractivity contribution < 1.29 is 101 Å². The van der Waals surface area contributed by atoms with E-state index in [1.807, 2.05) is 10.6 Å². The van der Waals surface area contributed by atoms with Gasteiger partial charge in [0.25, 0.3) is 0 Å². The van der Waals surface area contributed by atoms with Crippen LogP contribution in [0.4, 0.5) is 0 Å². The number of phenols is 1. The highest BCUT2D eigenvalue weighted by Gasteiger charge is 2.51. The van der Waals surface area contributed by atoms with Crippen LogP contribution in [0.5, 0.6) is 11.5 Å². The number of aliphatic hydroxyl groups excluding tert-OH is 8. The summed E-state index contributed by atoms with van der Waals surface area (Å²) in [7, 11) is -5.33. The lowest BCUT2D eigenvalue weighted by molar-refractivity contribution is -0.149. The van der Waals surface area contributed by atoms with Crippen molar-refractivity contribution in [1.82, 2.24) is 36.4 Å². The third kappa shape index (κ3) is 19.4. The monoisotopic (exact) mass is 1170 g/mol. The van der Waals surface area contributed by atoms with Crippen molar-refractivity contribution in [3.8, 4) is 11.5 Å². The van der Waals surface area contributed by atoms with Crippen LogP contribution in [0.1, 0.15) is 130 Å². The number of rotatable bonds is 22. The van der Waals surface area contributed by atoms with Gasteiger partial charge >= 0.3 is 10.4 Å². The summed E-state index contributed by atoms with van der Waals surface area (Å²) in [6.07, 6.45) is -11.6. The molecule has 81 heavy (non-hydrogen) atoms. The van der Waals surface area contributed by atoms with Crippen molar-refractivity contribution in [1.29, 1.82) is 0 Å². The van der Waals surface area contributed by atoms with E-state index in [9.17, 15) is 97.3 Å². The second kappa shape index (κ2) is 30.5. The smallest absolute Gasteiger partial charge is 0.446 e. The minimum atomic E-state index is -5.33. The average molecular weight is 1180 g/mol. The first kappa shape index (κ1) is 67.7. The van der Waals surface area contributed by atoms with Crippen molar-refractivity contribution in [2.24, 2.45) is 23.5 Å². The Morgan fingerprint density at radius 3 is 2.00 bits per heavy atom. The largest absolute Gasteiger partial charge is 0.504 e. The molecule has 0 saturated carbocycles. The summed E-state index contributed by atoms with van der Waals surface area (Å²) in [5.41, 5.74) is 4.75. The molecule has 0 bridgehead atoms. The van der Waals surface area contributed by atoms with Gasteiger partial charge < -0.3 is 92.3 Å². The zero-order chi connectivity index (χ0) is 60.8. The number of aliphatic hydroxyl groups is 8. The van der Waals surface area contributed by atoms with Crippen molar-refractivity contribution in [3.05, 3.63) is 23.8 Å². The second-order valence-electron chi connectivity index (χ2n) is 21.8. The minimum absolute atomic E-state index is 0.119. The number of nitrogens with zero attached hydrogens (tertiary/aromatic N) is 2. The maximum Gasteiger partial charge on any atom is 0.446 e. The van der Waals surface area contributed by atoms with E-state index in [1.165, 1.54) is 6.92 Å². The predicted octanol–water partition coefficient (Wildman–Crippen LogP) is -3.91. The number of aromatic hydroxyl groups is 1. The van der Waals surface area contributed by atoms with Gasteiger partial charge in [0.15, 0.2) is 17.7 Å². The predicted molar refractivity (Wildman–Crippen MR) is 282 cm³/mol. The molecule has 17 atom stereocenters. The number of phenolic OH excluding ortho intramolecular Hbond substituents is 1. The molecule has 8 amide bonds. The van der Waals surface area contributed by atoms with Crippen LogP contribution in [-0.4, -0.2) is 208 Å². The molecule has 29 nitrogen and oxygen atoms in total. The SMILES string of the molecule is CC[C@H](C)C[C@H](C)CCCCCCCCC(=O)N[C@@H]1C[C@@H](O)[C@H](O)NC(=O)[C@H]2[C@@H](O)[C@H](C)CN2C(=O)[C@H]([C@H](O)CC(N)=O)NC(=O)[C@H]([C@H](O)[C@H](O)c2ccc(O)c(OS(=O)(=O)O)c2)NC(=O)[C@H]2C[C@H](O)CN2C(=O)[C@@H]([C@H](C)O)NC1=O. The van der Waals surface area contributed by atoms with Crippen LogP contribution in [0.25, 0.3) is 0 Å².